The number of imidazole rings is 1. The van der Waals surface area contributed by atoms with Crippen LogP contribution in [0.4, 0.5) is 22.4 Å². The number of halogens is 5. The lowest BCUT2D eigenvalue weighted by atomic mass is 9.81. The zero-order valence-electron chi connectivity index (χ0n) is 18.0. The minimum Gasteiger partial charge on any atom is -0.361 e. The molecule has 0 unspecified atom stereocenters. The normalized spacial score (nSPS) is 22.9. The molecular weight excluding hydrogens is 468 g/mol. The summed E-state index contributed by atoms with van der Waals surface area (Å²) in [7, 11) is 1.40. The maximum atomic E-state index is 13.4. The number of hydrogen-bond donors (Lipinski definition) is 2. The molecule has 13 heteroatoms. The monoisotopic (exact) mass is 494 g/mol. The third kappa shape index (κ3) is 5.49. The first kappa shape index (κ1) is 25.4. The average Bonchev–Trinajstić information content (AvgIpc) is 3.35. The molecule has 2 aliphatic rings. The van der Waals surface area contributed by atoms with Gasteiger partial charge in [-0.05, 0) is 30.4 Å². The SMILES string of the molecule is CO[C@@H](Cc1cnn2cc([C@@H](N)C3CCC(F)(F)CC3)nc2c1)N1C[C@@H](C(F)F)NC1=O.Cl. The van der Waals surface area contributed by atoms with Crippen LogP contribution in [0.15, 0.2) is 18.5 Å². The van der Waals surface area contributed by atoms with Gasteiger partial charge < -0.3 is 15.8 Å². The van der Waals surface area contributed by atoms with Crippen molar-refractivity contribution in [3.63, 3.8) is 0 Å². The molecule has 4 rings (SSSR count). The standard InChI is InChI=1S/C20H26F4N6O2.ClH/c1-32-16(29-9-14(18(21)22)28-19(29)31)7-11-6-15-27-13(10-30(15)26-8-11)17(25)12-2-4-20(23,24)5-3-12;/h6,8,10,12,14,16-18H,2-5,7,9,25H2,1H3,(H,28,31);1H/t14-,16-,17-;/m0./s1. The number of carbonyl (C=O) groups is 1. The minimum atomic E-state index is -2.66. The van der Waals surface area contributed by atoms with Gasteiger partial charge in [-0.15, -0.1) is 12.4 Å². The van der Waals surface area contributed by atoms with Crippen molar-refractivity contribution in [3.8, 4) is 0 Å². The van der Waals surface area contributed by atoms with Crippen molar-refractivity contribution in [2.45, 2.75) is 62.8 Å². The number of ether oxygens (including phenoxy) is 1. The molecule has 3 heterocycles. The Kier molecular flexibility index (Phi) is 7.69. The number of nitrogens with two attached hydrogens (primary N) is 1. The van der Waals surface area contributed by atoms with Gasteiger partial charge in [0.05, 0.1) is 30.7 Å². The summed E-state index contributed by atoms with van der Waals surface area (Å²) in [5.74, 6) is -2.70. The molecule has 2 fully saturated rings. The highest BCUT2D eigenvalue weighted by Gasteiger charge is 2.39. The fraction of sp³-hybridized carbons (Fsp3) is 0.650. The van der Waals surface area contributed by atoms with Gasteiger partial charge in [-0.25, -0.2) is 31.9 Å². The number of aromatic nitrogens is 3. The highest BCUT2D eigenvalue weighted by atomic mass is 35.5. The second kappa shape index (κ2) is 9.98. The molecule has 1 saturated carbocycles. The Hall–Kier alpha value is -2.18. The topological polar surface area (TPSA) is 97.8 Å². The molecule has 3 atom stereocenters. The summed E-state index contributed by atoms with van der Waals surface area (Å²) in [6, 6.07) is -0.564. The molecule has 3 N–H and O–H groups in total. The van der Waals surface area contributed by atoms with Crippen molar-refractivity contribution in [1.29, 1.82) is 0 Å². The van der Waals surface area contributed by atoms with Crippen molar-refractivity contribution in [1.82, 2.24) is 24.8 Å². The number of urea groups is 1. The zero-order chi connectivity index (χ0) is 23.0. The number of alkyl halides is 4. The van der Waals surface area contributed by atoms with Crippen LogP contribution in [0.5, 0.6) is 0 Å². The second-order valence-corrected chi connectivity index (χ2v) is 8.49. The van der Waals surface area contributed by atoms with Crippen LogP contribution in [-0.4, -0.2) is 63.8 Å². The number of nitrogens with zero attached hydrogens (tertiary/aromatic N) is 4. The first-order chi connectivity index (χ1) is 15.2. The van der Waals surface area contributed by atoms with Gasteiger partial charge in [0.25, 0.3) is 6.43 Å². The van der Waals surface area contributed by atoms with Crippen LogP contribution >= 0.6 is 12.4 Å². The molecule has 8 nitrogen and oxygen atoms in total. The van der Waals surface area contributed by atoms with Crippen LogP contribution in [0.2, 0.25) is 0 Å². The van der Waals surface area contributed by atoms with E-state index in [1.165, 1.54) is 12.0 Å². The summed E-state index contributed by atoms with van der Waals surface area (Å²) >= 11 is 0. The highest BCUT2D eigenvalue weighted by molar-refractivity contribution is 5.85. The third-order valence-electron chi connectivity index (χ3n) is 6.30. The summed E-state index contributed by atoms with van der Waals surface area (Å²) in [5, 5.41) is 6.56. The van der Waals surface area contributed by atoms with Crippen LogP contribution in [0.25, 0.3) is 5.65 Å². The van der Waals surface area contributed by atoms with E-state index >= 15 is 0 Å². The Morgan fingerprint density at radius 3 is 2.64 bits per heavy atom. The molecule has 2 aromatic heterocycles. The third-order valence-corrected chi connectivity index (χ3v) is 6.30. The van der Waals surface area contributed by atoms with Crippen molar-refractivity contribution >= 4 is 24.1 Å². The second-order valence-electron chi connectivity index (χ2n) is 8.49. The Morgan fingerprint density at radius 1 is 1.33 bits per heavy atom. The van der Waals surface area contributed by atoms with Crippen molar-refractivity contribution in [3.05, 3.63) is 29.7 Å². The Bertz CT molecular complexity index is 967. The Labute approximate surface area is 194 Å². The van der Waals surface area contributed by atoms with Crippen LogP contribution in [0, 0.1) is 5.92 Å². The van der Waals surface area contributed by atoms with E-state index in [1.54, 1.807) is 23.0 Å². The molecule has 0 bridgehead atoms. The van der Waals surface area contributed by atoms with E-state index < -0.39 is 36.7 Å². The van der Waals surface area contributed by atoms with Gasteiger partial charge in [0, 0.05) is 26.4 Å². The summed E-state index contributed by atoms with van der Waals surface area (Å²) < 4.78 is 59.7. The lowest BCUT2D eigenvalue weighted by Crippen LogP contribution is -2.40. The van der Waals surface area contributed by atoms with E-state index in [2.05, 4.69) is 15.4 Å². The van der Waals surface area contributed by atoms with Crippen LogP contribution in [0.3, 0.4) is 0 Å². The van der Waals surface area contributed by atoms with E-state index in [9.17, 15) is 22.4 Å². The molecule has 184 valence electrons. The van der Waals surface area contributed by atoms with E-state index in [0.717, 1.165) is 0 Å². The van der Waals surface area contributed by atoms with Crippen molar-refractivity contribution < 1.29 is 27.1 Å². The lowest BCUT2D eigenvalue weighted by Gasteiger charge is -2.31. The predicted octanol–water partition coefficient (Wildman–Crippen LogP) is 3.15. The van der Waals surface area contributed by atoms with Gasteiger partial charge in [-0.3, -0.25) is 4.90 Å². The maximum absolute atomic E-state index is 13.4. The number of hydrogen-bond acceptors (Lipinski definition) is 5. The summed E-state index contributed by atoms with van der Waals surface area (Å²) in [4.78, 5) is 17.8. The van der Waals surface area contributed by atoms with Crippen LogP contribution in [0.1, 0.15) is 43.0 Å². The van der Waals surface area contributed by atoms with E-state index in [4.69, 9.17) is 10.5 Å². The molecule has 0 spiro atoms. The largest absolute Gasteiger partial charge is 0.361 e. The number of amides is 2. The number of methoxy groups -OCH3 is 1. The van der Waals surface area contributed by atoms with Gasteiger partial charge in [-0.1, -0.05) is 0 Å². The van der Waals surface area contributed by atoms with Gasteiger partial charge in [0.2, 0.25) is 5.92 Å². The fourth-order valence-electron chi connectivity index (χ4n) is 4.36. The van der Waals surface area contributed by atoms with E-state index in [-0.39, 0.29) is 44.1 Å². The number of nitrogens with one attached hydrogen (secondary N) is 1. The van der Waals surface area contributed by atoms with Gasteiger partial charge in [0.1, 0.15) is 12.3 Å². The smallest absolute Gasteiger partial charge is 0.320 e. The highest BCUT2D eigenvalue weighted by Crippen LogP contribution is 2.40. The van der Waals surface area contributed by atoms with Gasteiger partial charge in [0.15, 0.2) is 5.65 Å². The number of rotatable bonds is 7. The van der Waals surface area contributed by atoms with Crippen LogP contribution < -0.4 is 11.1 Å². The van der Waals surface area contributed by atoms with E-state index in [0.29, 0.717) is 29.7 Å². The molecule has 1 aliphatic heterocycles. The Balaban J connectivity index is 0.00000306. The quantitative estimate of drug-likeness (QED) is 0.576. The summed E-state index contributed by atoms with van der Waals surface area (Å²) in [6.45, 7) is -0.159. The van der Waals surface area contributed by atoms with Crippen molar-refractivity contribution in [2.75, 3.05) is 13.7 Å². The minimum absolute atomic E-state index is 0. The summed E-state index contributed by atoms with van der Waals surface area (Å²) in [6.07, 6.45) is 0.426. The summed E-state index contributed by atoms with van der Waals surface area (Å²) in [5.41, 5.74) is 8.10. The number of fused-ring (bicyclic) bond motifs is 1. The first-order valence-corrected chi connectivity index (χ1v) is 10.5. The fourth-order valence-corrected chi connectivity index (χ4v) is 4.36. The predicted molar refractivity (Wildman–Crippen MR) is 114 cm³/mol. The molecule has 1 aliphatic carbocycles. The lowest BCUT2D eigenvalue weighted by molar-refractivity contribution is -0.0484. The maximum Gasteiger partial charge on any atom is 0.320 e. The molecule has 1 saturated heterocycles. The molecule has 0 aromatic carbocycles. The van der Waals surface area contributed by atoms with Crippen molar-refractivity contribution in [2.24, 2.45) is 11.7 Å². The van der Waals surface area contributed by atoms with Gasteiger partial charge in [-0.2, -0.15) is 5.10 Å². The van der Waals surface area contributed by atoms with Gasteiger partial charge >= 0.3 is 6.03 Å². The average molecular weight is 495 g/mol. The Morgan fingerprint density at radius 2 is 2.03 bits per heavy atom. The molecule has 2 aromatic rings. The molecular formula is C20H27ClF4N6O2. The molecule has 33 heavy (non-hydrogen) atoms. The van der Waals surface area contributed by atoms with Crippen LogP contribution in [-0.2, 0) is 11.2 Å². The molecule has 0 radical (unpaired) electrons. The zero-order valence-corrected chi connectivity index (χ0v) is 18.8. The van der Waals surface area contributed by atoms with E-state index in [1.807, 2.05) is 0 Å². The molecule has 2 amide bonds. The number of carbonyl (C=O) groups excluding carboxylic acids is 1. The first-order valence-electron chi connectivity index (χ1n) is 10.5.